The van der Waals surface area contributed by atoms with Gasteiger partial charge in [-0.25, -0.2) is 4.79 Å². The summed E-state index contributed by atoms with van der Waals surface area (Å²) in [5.41, 5.74) is 4.92. The maximum atomic E-state index is 12.7. The molecule has 3 aliphatic carbocycles. The zero-order valence-corrected chi connectivity index (χ0v) is 26.0. The van der Waals surface area contributed by atoms with Crippen molar-refractivity contribution < 1.29 is 14.6 Å². The average molecular weight is 608 g/mol. The maximum Gasteiger partial charge on any atom is 0.329 e. The minimum atomic E-state index is -1.05. The van der Waals surface area contributed by atoms with Crippen molar-refractivity contribution in [2.75, 3.05) is 11.9 Å². The Morgan fingerprint density at radius 2 is 1.90 bits per heavy atom. The molecule has 3 aliphatic rings. The minimum absolute atomic E-state index is 0.0343. The summed E-state index contributed by atoms with van der Waals surface area (Å²) < 4.78 is 6.50. The van der Waals surface area contributed by atoms with E-state index in [9.17, 15) is 9.90 Å². The molecule has 1 fully saturated rings. The van der Waals surface area contributed by atoms with Crippen molar-refractivity contribution in [2.24, 2.45) is 11.8 Å². The molecule has 0 amide bonds. The van der Waals surface area contributed by atoms with E-state index in [-0.39, 0.29) is 5.41 Å². The molecule has 1 heterocycles. The van der Waals surface area contributed by atoms with Crippen LogP contribution in [0.2, 0.25) is 10.0 Å². The van der Waals surface area contributed by atoms with Gasteiger partial charge in [0.1, 0.15) is 11.3 Å². The van der Waals surface area contributed by atoms with Crippen molar-refractivity contribution in [3.63, 3.8) is 0 Å². The number of carboxylic acid groups (broad SMARTS) is 1. The number of hydrogen-bond donors (Lipinski definition) is 2. The normalized spacial score (nSPS) is 27.2. The molecule has 2 aromatic carbocycles. The highest BCUT2D eigenvalue weighted by Crippen LogP contribution is 2.56. The van der Waals surface area contributed by atoms with Crippen LogP contribution in [0.3, 0.4) is 0 Å². The number of nitrogens with zero attached hydrogens (tertiary/aromatic N) is 1. The summed E-state index contributed by atoms with van der Waals surface area (Å²) in [6, 6.07) is 16.1. The van der Waals surface area contributed by atoms with Crippen LogP contribution in [-0.2, 0) is 23.1 Å². The summed E-state index contributed by atoms with van der Waals surface area (Å²) in [5.74, 6) is 1.47. The molecule has 1 spiro atoms. The molecule has 222 valence electrons. The molecule has 6 rings (SSSR count). The number of hydrogen-bond acceptors (Lipinski definition) is 4. The number of pyridine rings is 1. The maximum absolute atomic E-state index is 12.7. The van der Waals surface area contributed by atoms with Gasteiger partial charge in [-0.3, -0.25) is 4.98 Å². The van der Waals surface area contributed by atoms with Crippen molar-refractivity contribution in [2.45, 2.75) is 88.5 Å². The molecule has 1 saturated carbocycles. The molecule has 1 aromatic heterocycles. The van der Waals surface area contributed by atoms with E-state index in [0.717, 1.165) is 37.9 Å². The SMILES string of the molecule is C[C@@H](COc1ccnc2c1[C@H](C)CCC2)CC1Cc2ccccc2C12CCC(Nc1ccc(Cl)c(Cl)c1)(C(=O)O)CC2. The number of fused-ring (bicyclic) bond motifs is 3. The smallest absolute Gasteiger partial charge is 0.329 e. The lowest BCUT2D eigenvalue weighted by Crippen LogP contribution is -2.53. The average Bonchev–Trinajstić information content (AvgIpc) is 3.27. The van der Waals surface area contributed by atoms with E-state index in [1.54, 1.807) is 18.2 Å². The van der Waals surface area contributed by atoms with Gasteiger partial charge >= 0.3 is 5.97 Å². The van der Waals surface area contributed by atoms with Gasteiger partial charge in [-0.05, 0) is 116 Å². The van der Waals surface area contributed by atoms with Crippen LogP contribution in [0, 0.1) is 11.8 Å². The number of anilines is 1. The zero-order valence-electron chi connectivity index (χ0n) is 24.5. The molecule has 0 saturated heterocycles. The molecule has 3 atom stereocenters. The first kappa shape index (κ1) is 29.3. The highest BCUT2D eigenvalue weighted by Gasteiger charge is 2.54. The van der Waals surface area contributed by atoms with Crippen LogP contribution < -0.4 is 10.1 Å². The molecular formula is C35H40Cl2N2O3. The molecule has 42 heavy (non-hydrogen) atoms. The fourth-order valence-corrected chi connectivity index (χ4v) is 8.37. The molecule has 2 N–H and O–H groups in total. The van der Waals surface area contributed by atoms with E-state index in [2.05, 4.69) is 48.4 Å². The molecule has 0 radical (unpaired) electrons. The van der Waals surface area contributed by atoms with Gasteiger partial charge in [-0.2, -0.15) is 0 Å². The second kappa shape index (κ2) is 11.7. The quantitative estimate of drug-likeness (QED) is 0.268. The van der Waals surface area contributed by atoms with E-state index in [1.807, 2.05) is 12.3 Å². The molecule has 5 nitrogen and oxygen atoms in total. The molecule has 1 unspecified atom stereocenters. The van der Waals surface area contributed by atoms with Gasteiger partial charge in [-0.1, -0.05) is 61.3 Å². The largest absolute Gasteiger partial charge is 0.493 e. The van der Waals surface area contributed by atoms with Crippen LogP contribution in [0.25, 0.3) is 0 Å². The van der Waals surface area contributed by atoms with E-state index < -0.39 is 11.5 Å². The van der Waals surface area contributed by atoms with Crippen molar-refractivity contribution in [1.82, 2.24) is 4.98 Å². The summed E-state index contributed by atoms with van der Waals surface area (Å²) in [6.45, 7) is 5.25. The van der Waals surface area contributed by atoms with Gasteiger partial charge in [0.2, 0.25) is 0 Å². The number of halogens is 2. The van der Waals surface area contributed by atoms with Crippen LogP contribution in [0.5, 0.6) is 5.75 Å². The van der Waals surface area contributed by atoms with Crippen LogP contribution in [-0.4, -0.2) is 28.2 Å². The molecular weight excluding hydrogens is 567 g/mol. The highest BCUT2D eigenvalue weighted by molar-refractivity contribution is 6.42. The Morgan fingerprint density at radius 3 is 2.67 bits per heavy atom. The van der Waals surface area contributed by atoms with E-state index in [4.69, 9.17) is 27.9 Å². The molecule has 0 bridgehead atoms. The van der Waals surface area contributed by atoms with Gasteiger partial charge in [0.05, 0.1) is 16.7 Å². The summed E-state index contributed by atoms with van der Waals surface area (Å²) >= 11 is 12.4. The summed E-state index contributed by atoms with van der Waals surface area (Å²) in [5, 5.41) is 14.7. The summed E-state index contributed by atoms with van der Waals surface area (Å²) in [7, 11) is 0. The lowest BCUT2D eigenvalue weighted by atomic mass is 9.59. The number of benzene rings is 2. The Morgan fingerprint density at radius 1 is 1.12 bits per heavy atom. The Hall–Kier alpha value is -2.76. The fourth-order valence-electron chi connectivity index (χ4n) is 8.07. The number of carbonyl (C=O) groups is 1. The third-order valence-electron chi connectivity index (χ3n) is 10.3. The Bertz CT molecular complexity index is 1470. The first-order chi connectivity index (χ1) is 20.2. The second-order valence-corrected chi connectivity index (χ2v) is 13.8. The second-order valence-electron chi connectivity index (χ2n) is 13.0. The number of rotatable bonds is 8. The fraction of sp³-hybridized carbons (Fsp3) is 0.486. The predicted octanol–water partition coefficient (Wildman–Crippen LogP) is 8.85. The summed E-state index contributed by atoms with van der Waals surface area (Å²) in [4.78, 5) is 17.4. The first-order valence-corrected chi connectivity index (χ1v) is 16.1. The lowest BCUT2D eigenvalue weighted by molar-refractivity contribution is -0.144. The number of aliphatic carboxylic acids is 1. The third kappa shape index (κ3) is 5.39. The third-order valence-corrected chi connectivity index (χ3v) is 11.0. The van der Waals surface area contributed by atoms with Crippen molar-refractivity contribution >= 4 is 34.9 Å². The highest BCUT2D eigenvalue weighted by atomic mass is 35.5. The van der Waals surface area contributed by atoms with Gasteiger partial charge in [0.25, 0.3) is 0 Å². The summed E-state index contributed by atoms with van der Waals surface area (Å²) in [6.07, 6.45) is 10.1. The minimum Gasteiger partial charge on any atom is -0.493 e. The van der Waals surface area contributed by atoms with Crippen LogP contribution in [0.1, 0.15) is 87.1 Å². The Balaban J connectivity index is 1.19. The van der Waals surface area contributed by atoms with Crippen molar-refractivity contribution in [3.8, 4) is 5.75 Å². The number of aryl methyl sites for hydroxylation is 1. The first-order valence-electron chi connectivity index (χ1n) is 15.4. The lowest BCUT2D eigenvalue weighted by Gasteiger charge is -2.47. The molecule has 7 heteroatoms. The van der Waals surface area contributed by atoms with Gasteiger partial charge in [0, 0.05) is 23.1 Å². The Labute approximate surface area is 259 Å². The molecule has 0 aliphatic heterocycles. The Kier molecular flexibility index (Phi) is 8.19. The zero-order chi connectivity index (χ0) is 29.5. The van der Waals surface area contributed by atoms with Crippen LogP contribution in [0.15, 0.2) is 54.7 Å². The number of aromatic nitrogens is 1. The standard InChI is InChI=1S/C35H40Cl2N2O3/c1-22(21-42-31-12-17-38-30-9-5-6-23(2)32(30)31)18-25-19-24-7-3-4-8-27(24)34(25)13-15-35(16-14-34,33(40)41)39-26-10-11-28(36)29(37)20-26/h3-4,7-8,10-12,17,20,22-23,25,39H,5-6,9,13-16,18-19,21H2,1-2H3,(H,40,41)/t22-,23-,25?,34?,35?/m1/s1. The van der Waals surface area contributed by atoms with Gasteiger partial charge in [0.15, 0.2) is 0 Å². The van der Waals surface area contributed by atoms with E-state index in [1.165, 1.54) is 35.2 Å². The molecule has 3 aromatic rings. The van der Waals surface area contributed by atoms with Crippen LogP contribution in [0.4, 0.5) is 5.69 Å². The van der Waals surface area contributed by atoms with Crippen molar-refractivity contribution in [1.29, 1.82) is 0 Å². The topological polar surface area (TPSA) is 71.5 Å². The van der Waals surface area contributed by atoms with Crippen molar-refractivity contribution in [3.05, 3.63) is 87.2 Å². The van der Waals surface area contributed by atoms with E-state index in [0.29, 0.717) is 52.9 Å². The number of nitrogens with one attached hydrogen (secondary N) is 1. The van der Waals surface area contributed by atoms with Gasteiger partial charge < -0.3 is 15.2 Å². The number of carboxylic acids is 1. The van der Waals surface area contributed by atoms with Crippen LogP contribution >= 0.6 is 23.2 Å². The number of ether oxygens (including phenoxy) is 1. The predicted molar refractivity (Wildman–Crippen MR) is 169 cm³/mol. The monoisotopic (exact) mass is 606 g/mol. The van der Waals surface area contributed by atoms with E-state index >= 15 is 0 Å². The van der Waals surface area contributed by atoms with Gasteiger partial charge in [-0.15, -0.1) is 0 Å².